The van der Waals surface area contributed by atoms with E-state index < -0.39 is 5.97 Å². The van der Waals surface area contributed by atoms with Crippen molar-refractivity contribution >= 4 is 51.9 Å². The van der Waals surface area contributed by atoms with Crippen molar-refractivity contribution in [3.63, 3.8) is 0 Å². The van der Waals surface area contributed by atoms with Crippen molar-refractivity contribution in [3.8, 4) is 5.75 Å². The minimum Gasteiger partial charge on any atom is -0.493 e. The first-order valence-corrected chi connectivity index (χ1v) is 9.57. The maximum atomic E-state index is 12.9. The van der Waals surface area contributed by atoms with Crippen LogP contribution in [0.1, 0.15) is 29.3 Å². The number of benzene rings is 2. The van der Waals surface area contributed by atoms with Gasteiger partial charge in [0.05, 0.1) is 22.8 Å². The van der Waals surface area contributed by atoms with Crippen molar-refractivity contribution in [2.45, 2.75) is 13.3 Å². The second-order valence-corrected chi connectivity index (χ2v) is 7.43. The van der Waals surface area contributed by atoms with Crippen molar-refractivity contribution in [1.82, 2.24) is 0 Å². The first kappa shape index (κ1) is 19.1. The van der Waals surface area contributed by atoms with Crippen molar-refractivity contribution in [1.29, 1.82) is 0 Å². The molecule has 2 aromatic rings. The summed E-state index contributed by atoms with van der Waals surface area (Å²) < 4.78 is 6.14. The number of aromatic carboxylic acids is 1. The Morgan fingerprint density at radius 1 is 1.22 bits per heavy atom. The number of hydrogen-bond donors (Lipinski definition) is 1. The number of ether oxygens (including phenoxy) is 1. The number of rotatable bonds is 6. The molecule has 138 valence electrons. The summed E-state index contributed by atoms with van der Waals surface area (Å²) in [4.78, 5) is 25.8. The highest BCUT2D eigenvalue weighted by molar-refractivity contribution is 8.27. The molecule has 0 atom stereocenters. The molecule has 0 spiro atoms. The van der Waals surface area contributed by atoms with Crippen LogP contribution >= 0.6 is 24.0 Å². The number of carboxylic acids is 1. The Balaban J connectivity index is 1.88. The first-order chi connectivity index (χ1) is 13.0. The van der Waals surface area contributed by atoms with Crippen LogP contribution in [0.3, 0.4) is 0 Å². The maximum absolute atomic E-state index is 12.9. The molecule has 1 aliphatic rings. The van der Waals surface area contributed by atoms with Gasteiger partial charge in [0.25, 0.3) is 5.91 Å². The number of para-hydroxylation sites is 1. The number of carbonyl (C=O) groups is 2. The summed E-state index contributed by atoms with van der Waals surface area (Å²) in [5.41, 5.74) is 1.51. The van der Waals surface area contributed by atoms with E-state index in [1.807, 2.05) is 31.2 Å². The quantitative estimate of drug-likeness (QED) is 0.567. The molecule has 1 aliphatic heterocycles. The Hall–Kier alpha value is -2.64. The van der Waals surface area contributed by atoms with Gasteiger partial charge in [-0.1, -0.05) is 49.1 Å². The van der Waals surface area contributed by atoms with Crippen LogP contribution in [0.4, 0.5) is 5.69 Å². The Morgan fingerprint density at radius 2 is 1.93 bits per heavy atom. The predicted molar refractivity (Wildman–Crippen MR) is 111 cm³/mol. The van der Waals surface area contributed by atoms with E-state index in [4.69, 9.17) is 22.1 Å². The van der Waals surface area contributed by atoms with Crippen LogP contribution in [0.2, 0.25) is 0 Å². The molecule has 0 bridgehead atoms. The molecule has 7 heteroatoms. The average molecular weight is 399 g/mol. The highest BCUT2D eigenvalue weighted by Gasteiger charge is 2.33. The van der Waals surface area contributed by atoms with Crippen LogP contribution in [0, 0.1) is 0 Å². The third-order valence-corrected chi connectivity index (χ3v) is 5.14. The van der Waals surface area contributed by atoms with Crippen LogP contribution in [0.5, 0.6) is 5.75 Å². The monoisotopic (exact) mass is 399 g/mol. The summed E-state index contributed by atoms with van der Waals surface area (Å²) >= 11 is 6.57. The zero-order chi connectivity index (χ0) is 19.4. The molecule has 3 rings (SSSR count). The molecule has 0 radical (unpaired) electrons. The van der Waals surface area contributed by atoms with E-state index in [1.54, 1.807) is 18.2 Å². The minimum atomic E-state index is -1.02. The van der Waals surface area contributed by atoms with E-state index >= 15 is 0 Å². The summed E-state index contributed by atoms with van der Waals surface area (Å²) in [6.07, 6.45) is 2.67. The molecule has 1 N–H and O–H groups in total. The van der Waals surface area contributed by atoms with Gasteiger partial charge in [0.15, 0.2) is 4.32 Å². The van der Waals surface area contributed by atoms with Crippen molar-refractivity contribution < 1.29 is 19.4 Å². The number of amides is 1. The first-order valence-electron chi connectivity index (χ1n) is 8.34. The van der Waals surface area contributed by atoms with Gasteiger partial charge in [-0.2, -0.15) is 0 Å². The summed E-state index contributed by atoms with van der Waals surface area (Å²) in [5.74, 6) is -0.538. The third-order valence-electron chi connectivity index (χ3n) is 3.83. The predicted octanol–water partition coefficient (Wildman–Crippen LogP) is 4.58. The highest BCUT2D eigenvalue weighted by atomic mass is 32.2. The van der Waals surface area contributed by atoms with E-state index in [2.05, 4.69) is 0 Å². The fourth-order valence-corrected chi connectivity index (χ4v) is 3.82. The summed E-state index contributed by atoms with van der Waals surface area (Å²) in [5, 5.41) is 9.01. The molecule has 0 saturated carbocycles. The number of nitrogens with zero attached hydrogens (tertiary/aromatic N) is 1. The van der Waals surface area contributed by atoms with Crippen LogP contribution in [-0.2, 0) is 4.79 Å². The van der Waals surface area contributed by atoms with Crippen molar-refractivity contribution in [3.05, 3.63) is 64.6 Å². The molecular formula is C20H17NO4S2. The van der Waals surface area contributed by atoms with E-state index in [1.165, 1.54) is 28.8 Å². The smallest absolute Gasteiger partial charge is 0.335 e. The lowest BCUT2D eigenvalue weighted by atomic mass is 10.1. The SMILES string of the molecule is CCCOc1ccccc1/C=C1\SC(=S)N(c2ccc(C(=O)O)cc2)C1=O. The number of carbonyl (C=O) groups excluding carboxylic acids is 1. The molecule has 2 aromatic carbocycles. The number of thiocarbonyl (C=S) groups is 1. The number of carboxylic acid groups (broad SMARTS) is 1. The van der Waals surface area contributed by atoms with E-state index in [0.29, 0.717) is 21.5 Å². The third kappa shape index (κ3) is 4.20. The fraction of sp³-hybridized carbons (Fsp3) is 0.150. The number of anilines is 1. The molecule has 1 fully saturated rings. The van der Waals surface area contributed by atoms with Gasteiger partial charge in [0.2, 0.25) is 0 Å². The normalized spacial score (nSPS) is 15.4. The number of thioether (sulfide) groups is 1. The van der Waals surface area contributed by atoms with Crippen LogP contribution in [0.25, 0.3) is 6.08 Å². The summed E-state index contributed by atoms with van der Waals surface area (Å²) in [7, 11) is 0. The molecule has 1 saturated heterocycles. The molecule has 0 unspecified atom stereocenters. The lowest BCUT2D eigenvalue weighted by Crippen LogP contribution is -2.27. The van der Waals surface area contributed by atoms with Gasteiger partial charge in [-0.3, -0.25) is 9.69 Å². The second kappa shape index (κ2) is 8.37. The highest BCUT2D eigenvalue weighted by Crippen LogP contribution is 2.37. The zero-order valence-corrected chi connectivity index (χ0v) is 16.2. The number of hydrogen-bond acceptors (Lipinski definition) is 5. The van der Waals surface area contributed by atoms with Crippen molar-refractivity contribution in [2.75, 3.05) is 11.5 Å². The van der Waals surface area contributed by atoms with Gasteiger partial charge in [-0.05, 0) is 42.8 Å². The summed E-state index contributed by atoms with van der Waals surface area (Å²) in [6, 6.07) is 13.6. The minimum absolute atomic E-state index is 0.154. The van der Waals surface area contributed by atoms with Gasteiger partial charge >= 0.3 is 5.97 Å². The van der Waals surface area contributed by atoms with E-state index in [0.717, 1.165) is 17.7 Å². The molecule has 5 nitrogen and oxygen atoms in total. The molecule has 1 heterocycles. The Bertz CT molecular complexity index is 922. The van der Waals surface area contributed by atoms with Crippen LogP contribution in [0.15, 0.2) is 53.4 Å². The topological polar surface area (TPSA) is 66.8 Å². The average Bonchev–Trinajstić information content (AvgIpc) is 2.94. The van der Waals surface area contributed by atoms with Gasteiger partial charge in [0, 0.05) is 5.56 Å². The lowest BCUT2D eigenvalue weighted by molar-refractivity contribution is -0.113. The molecule has 0 aromatic heterocycles. The Kier molecular flexibility index (Phi) is 5.93. The van der Waals surface area contributed by atoms with E-state index in [-0.39, 0.29) is 11.5 Å². The second-order valence-electron chi connectivity index (χ2n) is 5.76. The van der Waals surface area contributed by atoms with E-state index in [9.17, 15) is 9.59 Å². The fourth-order valence-electron chi connectivity index (χ4n) is 2.53. The largest absolute Gasteiger partial charge is 0.493 e. The summed E-state index contributed by atoms with van der Waals surface area (Å²) in [6.45, 7) is 2.63. The standard InChI is InChI=1S/C20H17NO4S2/c1-2-11-25-16-6-4-3-5-14(16)12-17-18(22)21(20(26)27-17)15-9-7-13(8-10-15)19(23)24/h3-10,12H,2,11H2,1H3,(H,23,24)/b17-12-. The van der Waals surface area contributed by atoms with Crippen molar-refractivity contribution in [2.24, 2.45) is 0 Å². The van der Waals surface area contributed by atoms with Crippen LogP contribution in [-0.4, -0.2) is 27.9 Å². The molecular weight excluding hydrogens is 382 g/mol. The van der Waals surface area contributed by atoms with Gasteiger partial charge in [-0.15, -0.1) is 0 Å². The lowest BCUT2D eigenvalue weighted by Gasteiger charge is -2.14. The van der Waals surface area contributed by atoms with Gasteiger partial charge in [0.1, 0.15) is 5.75 Å². The maximum Gasteiger partial charge on any atom is 0.335 e. The van der Waals surface area contributed by atoms with Gasteiger partial charge in [-0.25, -0.2) is 4.79 Å². The zero-order valence-electron chi connectivity index (χ0n) is 14.5. The van der Waals surface area contributed by atoms with Crippen LogP contribution < -0.4 is 9.64 Å². The molecule has 0 aliphatic carbocycles. The molecule has 1 amide bonds. The Morgan fingerprint density at radius 3 is 2.59 bits per heavy atom. The molecule has 27 heavy (non-hydrogen) atoms. The Labute approximate surface area is 166 Å². The van der Waals surface area contributed by atoms with Gasteiger partial charge < -0.3 is 9.84 Å².